The summed E-state index contributed by atoms with van der Waals surface area (Å²) >= 11 is 0. The second kappa shape index (κ2) is 36.7. The van der Waals surface area contributed by atoms with E-state index in [1.165, 1.54) is 140 Å². The summed E-state index contributed by atoms with van der Waals surface area (Å²) in [7, 11) is 4.53. The lowest BCUT2D eigenvalue weighted by Crippen LogP contribution is -2.50. The molecule has 2 aromatic rings. The Balaban J connectivity index is 1.63. The van der Waals surface area contributed by atoms with Crippen LogP contribution in [-0.4, -0.2) is 91.0 Å². The van der Waals surface area contributed by atoms with Gasteiger partial charge in [-0.2, -0.15) is 0 Å². The van der Waals surface area contributed by atoms with Crippen molar-refractivity contribution in [2.75, 3.05) is 54.4 Å². The number of phenolic OH excluding ortho intramolecular Hbond substituents is 2. The fourth-order valence-corrected chi connectivity index (χ4v) is 20.6. The van der Waals surface area contributed by atoms with E-state index in [2.05, 4.69) is 123 Å². The van der Waals surface area contributed by atoms with E-state index < -0.39 is 16.6 Å². The van der Waals surface area contributed by atoms with Gasteiger partial charge in [0.2, 0.25) is 0 Å². The van der Waals surface area contributed by atoms with E-state index >= 15 is 0 Å². The first-order chi connectivity index (χ1) is 32.3. The second-order valence-corrected chi connectivity index (χ2v) is 30.2. The van der Waals surface area contributed by atoms with Crippen LogP contribution in [0.2, 0.25) is 37.3 Å². The molecule has 9 heteroatoms. The molecule has 0 saturated heterocycles. The van der Waals surface area contributed by atoms with Gasteiger partial charge in [0.1, 0.15) is 11.5 Å². The lowest BCUT2D eigenvalue weighted by molar-refractivity contribution is 0.315. The predicted octanol–water partition coefficient (Wildman–Crippen LogP) is 15.1. The molecule has 0 aliphatic carbocycles. The lowest BCUT2D eigenvalue weighted by atomic mass is 10.0. The van der Waals surface area contributed by atoms with Crippen molar-refractivity contribution in [3.63, 3.8) is 0 Å². The Bertz CT molecular complexity index is 1480. The first-order valence-corrected chi connectivity index (χ1v) is 33.5. The topological polar surface area (TPSA) is 80.2 Å². The molecule has 67 heavy (non-hydrogen) atoms. The van der Waals surface area contributed by atoms with E-state index in [1.807, 2.05) is 26.2 Å². The zero-order valence-corrected chi connectivity index (χ0v) is 47.3. The van der Waals surface area contributed by atoms with Crippen LogP contribution >= 0.6 is 0 Å². The molecule has 384 valence electrons. The van der Waals surface area contributed by atoms with Crippen LogP contribution in [0.5, 0.6) is 11.5 Å². The van der Waals surface area contributed by atoms with E-state index in [1.54, 1.807) is 0 Å². The predicted molar refractivity (Wildman–Crippen MR) is 299 cm³/mol. The summed E-state index contributed by atoms with van der Waals surface area (Å²) in [5.41, 5.74) is 6.01. The molecule has 0 aromatic heterocycles. The van der Waals surface area contributed by atoms with E-state index in [4.69, 9.17) is 4.12 Å². The van der Waals surface area contributed by atoms with Gasteiger partial charge in [-0.15, -0.1) is 0 Å². The number of unbranched alkanes of at least 4 members (excludes halogenated alkanes) is 10. The highest BCUT2D eigenvalue weighted by Crippen LogP contribution is 2.40. The molecule has 2 unspecified atom stereocenters. The highest BCUT2D eigenvalue weighted by molar-refractivity contribution is 6.86. The molecule has 2 atom stereocenters. The molecule has 0 aliphatic heterocycles. The van der Waals surface area contributed by atoms with E-state index in [-0.39, 0.29) is 0 Å². The minimum absolute atomic E-state index is 0.447. The normalized spacial score (nSPS) is 13.6. The van der Waals surface area contributed by atoms with Crippen molar-refractivity contribution in [3.8, 4) is 11.5 Å². The van der Waals surface area contributed by atoms with Gasteiger partial charge in [0.05, 0.1) is 0 Å². The zero-order chi connectivity index (χ0) is 49.2. The van der Waals surface area contributed by atoms with Gasteiger partial charge in [-0.05, 0) is 205 Å². The van der Waals surface area contributed by atoms with Gasteiger partial charge in [0.25, 0.3) is 0 Å². The van der Waals surface area contributed by atoms with Crippen LogP contribution in [0.25, 0.3) is 0 Å². The molecule has 2 aromatic carbocycles. The molecule has 0 amide bonds. The summed E-state index contributed by atoms with van der Waals surface area (Å²) in [6.45, 7) is 20.6. The van der Waals surface area contributed by atoms with Crippen LogP contribution in [0.3, 0.4) is 0 Å². The van der Waals surface area contributed by atoms with Crippen LogP contribution in [0.4, 0.5) is 0 Å². The Morgan fingerprint density at radius 3 is 1.27 bits per heavy atom. The fraction of sp³-hybridized carbons (Fsp3) is 0.724. The van der Waals surface area contributed by atoms with Crippen LogP contribution in [0, 0.1) is 0 Å². The summed E-state index contributed by atoms with van der Waals surface area (Å²) in [5, 5.41) is 27.6. The number of nitrogens with one attached hydrogen (secondary N) is 2. The van der Waals surface area contributed by atoms with Crippen LogP contribution < -0.4 is 10.6 Å². The van der Waals surface area contributed by atoms with E-state index in [9.17, 15) is 10.2 Å². The molecule has 0 aliphatic rings. The van der Waals surface area contributed by atoms with Crippen molar-refractivity contribution in [1.82, 2.24) is 20.4 Å². The molecule has 0 spiro atoms. The summed E-state index contributed by atoms with van der Waals surface area (Å²) in [6.07, 6.45) is 39.2. The Hall–Kier alpha value is -2.25. The number of nitrogens with zero attached hydrogens (tertiary/aromatic N) is 2. The van der Waals surface area contributed by atoms with Gasteiger partial charge in [-0.25, -0.2) is 0 Å². The van der Waals surface area contributed by atoms with E-state index in [0.717, 1.165) is 87.2 Å². The molecule has 0 bridgehead atoms. The minimum Gasteiger partial charge on any atom is -0.508 e. The van der Waals surface area contributed by atoms with Crippen molar-refractivity contribution in [2.45, 2.75) is 218 Å². The van der Waals surface area contributed by atoms with Gasteiger partial charge in [0, 0.05) is 24.2 Å². The highest BCUT2D eigenvalue weighted by atomic mass is 28.4. The number of rotatable bonds is 42. The number of hydrogen-bond donors (Lipinski definition) is 4. The van der Waals surface area contributed by atoms with Gasteiger partial charge >= 0.3 is 0 Å². The second-order valence-electron chi connectivity index (χ2n) is 21.3. The van der Waals surface area contributed by atoms with Gasteiger partial charge in [0.15, 0.2) is 16.6 Å². The maximum Gasteiger partial charge on any atom is 0.176 e. The third-order valence-electron chi connectivity index (χ3n) is 14.2. The first kappa shape index (κ1) is 60.9. The monoisotopic (exact) mass is 963 g/mol. The van der Waals surface area contributed by atoms with Crippen LogP contribution in [-0.2, 0) is 30.0 Å². The number of aromatic hydroxyl groups is 2. The summed E-state index contributed by atoms with van der Waals surface area (Å²) in [6, 6.07) is 12.6. The largest absolute Gasteiger partial charge is 0.508 e. The standard InChI is InChI=1S/C58H106N4O3Si2/c1-11-33-55(37-29-25-21-17-13-15-19-23-27-35-51-39-41-53(57(63)47-51)49-61(5)45-31-43-59-3)66(7,8)65-67(9,10)56(34-12-2)38-30-26-22-18-14-16-20-24-28-36-52-40-42-54(58(64)48-52)50-62(6)46-32-44-60-4/h21-22,25-26,39-42,47-48,55-56,59-60,63-64H,11-20,23-24,27-38,43-46,49-50H2,1-10H3/b25-21-,26-22+. The fourth-order valence-electron chi connectivity index (χ4n) is 10.1. The Morgan fingerprint density at radius 1 is 0.522 bits per heavy atom. The number of allylic oxidation sites excluding steroid dienone is 4. The molecule has 0 radical (unpaired) electrons. The number of aryl methyl sites for hydroxylation is 2. The Labute approximate surface area is 416 Å². The molecule has 2 rings (SSSR count). The quantitative estimate of drug-likeness (QED) is 0.0300. The molecular formula is C58H106N4O3Si2. The minimum atomic E-state index is -1.85. The Kier molecular flexibility index (Phi) is 33.3. The maximum absolute atomic E-state index is 10.6. The van der Waals surface area contributed by atoms with Crippen LogP contribution in [0.1, 0.15) is 177 Å². The van der Waals surface area contributed by atoms with Gasteiger partial charge in [-0.1, -0.05) is 127 Å². The molecule has 0 saturated carbocycles. The third-order valence-corrected chi connectivity index (χ3v) is 23.5. The van der Waals surface area contributed by atoms with Crippen molar-refractivity contribution in [3.05, 3.63) is 83.0 Å². The number of hydrogen-bond acceptors (Lipinski definition) is 7. The van der Waals surface area contributed by atoms with Gasteiger partial charge < -0.3 is 34.8 Å². The van der Waals surface area contributed by atoms with Crippen molar-refractivity contribution < 1.29 is 14.3 Å². The van der Waals surface area contributed by atoms with Crippen LogP contribution in [0.15, 0.2) is 60.7 Å². The number of benzene rings is 2. The molecule has 0 fully saturated rings. The molecule has 4 N–H and O–H groups in total. The average Bonchev–Trinajstić information content (AvgIpc) is 3.28. The SMILES string of the molecule is CCCC(CC/C=C\CCCCCCCc1ccc(CN(C)CCCNC)c(O)c1)[Si](C)(C)O[Si](C)(C)C(CCC)CC/C=C/CCCCCCCc1ccc(CN(C)CCCNC)c(O)c1. The summed E-state index contributed by atoms with van der Waals surface area (Å²) < 4.78 is 7.47. The maximum atomic E-state index is 10.6. The van der Waals surface area contributed by atoms with Crippen molar-refractivity contribution >= 4 is 16.6 Å². The molecule has 7 nitrogen and oxygen atoms in total. The average molecular weight is 964 g/mol. The lowest BCUT2D eigenvalue weighted by Gasteiger charge is -2.43. The summed E-state index contributed by atoms with van der Waals surface area (Å²) in [4.78, 5) is 4.57. The Morgan fingerprint density at radius 2 is 0.896 bits per heavy atom. The third kappa shape index (κ3) is 27.7. The van der Waals surface area contributed by atoms with E-state index in [0.29, 0.717) is 11.5 Å². The van der Waals surface area contributed by atoms with Crippen molar-refractivity contribution in [2.24, 2.45) is 0 Å². The van der Waals surface area contributed by atoms with Crippen molar-refractivity contribution in [1.29, 1.82) is 0 Å². The number of phenols is 2. The summed E-state index contributed by atoms with van der Waals surface area (Å²) in [5.74, 6) is 0.894. The smallest absolute Gasteiger partial charge is 0.176 e. The molecular weight excluding hydrogens is 857 g/mol. The zero-order valence-electron chi connectivity index (χ0n) is 45.3. The first-order valence-electron chi connectivity index (χ1n) is 27.5. The van der Waals surface area contributed by atoms with Gasteiger partial charge in [-0.3, -0.25) is 0 Å². The highest BCUT2D eigenvalue weighted by Gasteiger charge is 2.42. The molecule has 0 heterocycles.